The van der Waals surface area contributed by atoms with Gasteiger partial charge in [-0.05, 0) is 54.0 Å². The van der Waals surface area contributed by atoms with E-state index in [0.29, 0.717) is 11.1 Å². The van der Waals surface area contributed by atoms with Gasteiger partial charge in [0, 0.05) is 12.5 Å². The SMILES string of the molecule is Cc1cc(/C=C/C(=O)O[C@H](C(=O)O)[C@](O)(Cc2ccc(O)cc2)C(=O)O)ccc1O. The second-order valence-electron chi connectivity index (χ2n) is 6.61. The van der Waals surface area contributed by atoms with Gasteiger partial charge in [-0.3, -0.25) is 0 Å². The maximum atomic E-state index is 12.1. The van der Waals surface area contributed by atoms with Gasteiger partial charge >= 0.3 is 17.9 Å². The lowest BCUT2D eigenvalue weighted by Gasteiger charge is -2.29. The molecular weight excluding hydrogens is 396 g/mol. The number of hydrogen-bond donors (Lipinski definition) is 5. The van der Waals surface area contributed by atoms with Crippen LogP contribution in [0.5, 0.6) is 11.5 Å². The molecule has 9 heteroatoms. The highest BCUT2D eigenvalue weighted by atomic mass is 16.6. The summed E-state index contributed by atoms with van der Waals surface area (Å²) in [5.74, 6) is -4.97. The zero-order chi connectivity index (χ0) is 22.5. The predicted octanol–water partition coefficient (Wildman–Crippen LogP) is 1.47. The van der Waals surface area contributed by atoms with Crippen molar-refractivity contribution in [1.82, 2.24) is 0 Å². The van der Waals surface area contributed by atoms with Gasteiger partial charge in [0.1, 0.15) is 11.5 Å². The fourth-order valence-electron chi connectivity index (χ4n) is 2.66. The number of carbonyl (C=O) groups excluding carboxylic acids is 1. The van der Waals surface area contributed by atoms with Crippen LogP contribution in [0.15, 0.2) is 48.5 Å². The molecule has 0 heterocycles. The van der Waals surface area contributed by atoms with Crippen LogP contribution >= 0.6 is 0 Å². The van der Waals surface area contributed by atoms with Crippen LogP contribution in [0.2, 0.25) is 0 Å². The topological polar surface area (TPSA) is 162 Å². The number of benzene rings is 2. The summed E-state index contributed by atoms with van der Waals surface area (Å²) in [7, 11) is 0. The summed E-state index contributed by atoms with van der Waals surface area (Å²) in [6.45, 7) is 1.64. The van der Waals surface area contributed by atoms with E-state index < -0.39 is 36.0 Å². The number of rotatable bonds is 8. The lowest BCUT2D eigenvalue weighted by molar-refractivity contribution is -0.192. The van der Waals surface area contributed by atoms with Crippen molar-refractivity contribution < 1.29 is 44.7 Å². The Bertz CT molecular complexity index is 978. The summed E-state index contributed by atoms with van der Waals surface area (Å²) in [5.41, 5.74) is -1.70. The zero-order valence-corrected chi connectivity index (χ0v) is 15.8. The van der Waals surface area contributed by atoms with Crippen molar-refractivity contribution in [2.45, 2.75) is 25.0 Å². The molecule has 0 unspecified atom stereocenters. The van der Waals surface area contributed by atoms with E-state index in [1.807, 2.05) is 0 Å². The van der Waals surface area contributed by atoms with Crippen molar-refractivity contribution in [2.24, 2.45) is 0 Å². The highest BCUT2D eigenvalue weighted by Gasteiger charge is 2.51. The maximum Gasteiger partial charge on any atom is 0.348 e. The van der Waals surface area contributed by atoms with Gasteiger partial charge in [0.25, 0.3) is 0 Å². The highest BCUT2D eigenvalue weighted by molar-refractivity contribution is 5.93. The number of carbonyl (C=O) groups is 3. The first-order chi connectivity index (χ1) is 14.0. The second-order valence-corrected chi connectivity index (χ2v) is 6.61. The van der Waals surface area contributed by atoms with Gasteiger partial charge in [0.05, 0.1) is 0 Å². The fraction of sp³-hybridized carbons (Fsp3) is 0.190. The van der Waals surface area contributed by atoms with Crippen LogP contribution in [-0.4, -0.2) is 55.1 Å². The zero-order valence-electron chi connectivity index (χ0n) is 15.8. The number of hydrogen-bond acceptors (Lipinski definition) is 7. The van der Waals surface area contributed by atoms with Gasteiger partial charge in [0.2, 0.25) is 11.7 Å². The van der Waals surface area contributed by atoms with E-state index in [2.05, 4.69) is 0 Å². The number of carboxylic acids is 2. The summed E-state index contributed by atoms with van der Waals surface area (Å²) in [4.78, 5) is 35.4. The summed E-state index contributed by atoms with van der Waals surface area (Å²) in [5, 5.41) is 48.2. The molecule has 158 valence electrons. The number of carboxylic acid groups (broad SMARTS) is 2. The van der Waals surface area contributed by atoms with Crippen LogP contribution in [0.1, 0.15) is 16.7 Å². The van der Waals surface area contributed by atoms with Crippen molar-refractivity contribution in [3.8, 4) is 11.5 Å². The van der Waals surface area contributed by atoms with Crippen LogP contribution in [-0.2, 0) is 25.5 Å². The Balaban J connectivity index is 2.24. The lowest BCUT2D eigenvalue weighted by atomic mass is 9.88. The monoisotopic (exact) mass is 416 g/mol. The Kier molecular flexibility index (Phi) is 6.81. The summed E-state index contributed by atoms with van der Waals surface area (Å²) in [6, 6.07) is 9.55. The molecule has 0 amide bonds. The first kappa shape index (κ1) is 22.4. The quantitative estimate of drug-likeness (QED) is 0.317. The number of aliphatic hydroxyl groups is 1. The predicted molar refractivity (Wildman–Crippen MR) is 104 cm³/mol. The molecule has 0 bridgehead atoms. The molecule has 0 aliphatic heterocycles. The summed E-state index contributed by atoms with van der Waals surface area (Å²) in [6.07, 6.45) is -0.922. The Labute approximate surface area is 171 Å². The highest BCUT2D eigenvalue weighted by Crippen LogP contribution is 2.23. The van der Waals surface area contributed by atoms with E-state index in [1.165, 1.54) is 42.5 Å². The van der Waals surface area contributed by atoms with E-state index in [-0.39, 0.29) is 17.1 Å². The van der Waals surface area contributed by atoms with Gasteiger partial charge in [-0.15, -0.1) is 0 Å². The Morgan fingerprint density at radius 3 is 2.23 bits per heavy atom. The summed E-state index contributed by atoms with van der Waals surface area (Å²) >= 11 is 0. The summed E-state index contributed by atoms with van der Waals surface area (Å²) < 4.78 is 4.76. The van der Waals surface area contributed by atoms with Crippen molar-refractivity contribution in [2.75, 3.05) is 0 Å². The van der Waals surface area contributed by atoms with Crippen LogP contribution in [0.4, 0.5) is 0 Å². The minimum atomic E-state index is -2.96. The van der Waals surface area contributed by atoms with E-state index in [4.69, 9.17) is 4.74 Å². The van der Waals surface area contributed by atoms with Crippen LogP contribution in [0.25, 0.3) is 6.08 Å². The van der Waals surface area contributed by atoms with Crippen LogP contribution < -0.4 is 0 Å². The second kappa shape index (κ2) is 9.10. The minimum Gasteiger partial charge on any atom is -0.508 e. The normalized spacial score (nSPS) is 14.1. The Hall–Kier alpha value is -3.85. The largest absolute Gasteiger partial charge is 0.508 e. The molecule has 5 N–H and O–H groups in total. The standard InChI is InChI=1S/C21H20O9/c1-12-10-13(4-8-16(12)23)5-9-17(24)30-18(19(25)26)21(29,20(27)28)11-14-2-6-15(22)7-3-14/h2-10,18,22-23,29H,11H2,1H3,(H,25,26)(H,27,28)/b9-5+/t18-,21-/m1/s1. The third-order valence-corrected chi connectivity index (χ3v) is 4.31. The van der Waals surface area contributed by atoms with Crippen molar-refractivity contribution in [3.63, 3.8) is 0 Å². The molecule has 2 aromatic rings. The van der Waals surface area contributed by atoms with Crippen LogP contribution in [0.3, 0.4) is 0 Å². The Morgan fingerprint density at radius 1 is 1.07 bits per heavy atom. The molecule has 9 nitrogen and oxygen atoms in total. The third-order valence-electron chi connectivity index (χ3n) is 4.31. The van der Waals surface area contributed by atoms with Crippen molar-refractivity contribution in [3.05, 3.63) is 65.2 Å². The van der Waals surface area contributed by atoms with Gasteiger partial charge in [-0.25, -0.2) is 14.4 Å². The molecule has 2 atom stereocenters. The lowest BCUT2D eigenvalue weighted by Crippen LogP contribution is -2.56. The van der Waals surface area contributed by atoms with E-state index in [0.717, 1.165) is 6.08 Å². The van der Waals surface area contributed by atoms with Crippen molar-refractivity contribution in [1.29, 1.82) is 0 Å². The molecule has 0 radical (unpaired) electrons. The average Bonchev–Trinajstić information content (AvgIpc) is 2.68. The van der Waals surface area contributed by atoms with Gasteiger partial charge in [0.15, 0.2) is 0 Å². The number of aromatic hydroxyl groups is 2. The molecule has 2 rings (SSSR count). The molecule has 30 heavy (non-hydrogen) atoms. The van der Waals surface area contributed by atoms with E-state index >= 15 is 0 Å². The average molecular weight is 416 g/mol. The van der Waals surface area contributed by atoms with Gasteiger partial charge < -0.3 is 30.3 Å². The smallest absolute Gasteiger partial charge is 0.348 e. The van der Waals surface area contributed by atoms with Gasteiger partial charge in [-0.2, -0.15) is 0 Å². The Morgan fingerprint density at radius 2 is 1.70 bits per heavy atom. The molecule has 0 saturated heterocycles. The number of aryl methyl sites for hydroxylation is 1. The first-order valence-corrected chi connectivity index (χ1v) is 8.67. The van der Waals surface area contributed by atoms with E-state index in [9.17, 15) is 39.9 Å². The molecule has 2 aromatic carbocycles. The molecule has 0 aliphatic rings. The minimum absolute atomic E-state index is 0.0569. The first-order valence-electron chi connectivity index (χ1n) is 8.67. The molecule has 0 aliphatic carbocycles. The number of ether oxygens (including phenoxy) is 1. The van der Waals surface area contributed by atoms with Gasteiger partial charge in [-0.1, -0.05) is 18.2 Å². The molecule has 0 fully saturated rings. The van der Waals surface area contributed by atoms with E-state index in [1.54, 1.807) is 13.0 Å². The number of phenolic OH excluding ortho intramolecular Hbond substituents is 2. The number of aliphatic carboxylic acids is 2. The molecular formula is C21H20O9. The molecule has 0 spiro atoms. The maximum absolute atomic E-state index is 12.1. The molecule has 0 saturated carbocycles. The van der Waals surface area contributed by atoms with Crippen LogP contribution in [0, 0.1) is 6.92 Å². The fourth-order valence-corrected chi connectivity index (χ4v) is 2.66. The third kappa shape index (κ3) is 5.36. The number of phenols is 2. The number of esters is 1. The molecule has 0 aromatic heterocycles. The van der Waals surface area contributed by atoms with Crippen molar-refractivity contribution >= 4 is 24.0 Å².